The average Bonchev–Trinajstić information content (AvgIpc) is 2.86. The number of hydrogen-bond acceptors (Lipinski definition) is 5. The molecule has 1 saturated heterocycles. The van der Waals surface area contributed by atoms with Gasteiger partial charge in [0.25, 0.3) is 0 Å². The SMILES string of the molecule is CCOC(=O)C1=C(CN2CCN(c3cc(C)ccc3C)CC2)NC(=O)NC1c1ccc(CC)cc1. The van der Waals surface area contributed by atoms with Gasteiger partial charge in [-0.2, -0.15) is 0 Å². The number of urea groups is 1. The third-order valence-corrected chi connectivity index (χ3v) is 6.83. The largest absolute Gasteiger partial charge is 0.463 e. The van der Waals surface area contributed by atoms with Crippen molar-refractivity contribution in [1.29, 1.82) is 0 Å². The standard InChI is InChI=1S/C28H36N4O3/c1-5-21-9-11-22(12-10-21)26-25(27(33)35-6-2)23(29-28(34)30-26)18-31-13-15-32(16-14-31)24-17-19(3)7-8-20(24)4/h7-12,17,26H,5-6,13-16,18H2,1-4H3,(H2,29,30,34). The third-order valence-electron chi connectivity index (χ3n) is 6.83. The molecular weight excluding hydrogens is 440 g/mol. The Morgan fingerprint density at radius 2 is 1.74 bits per heavy atom. The molecular formula is C28H36N4O3. The first-order chi connectivity index (χ1) is 16.9. The summed E-state index contributed by atoms with van der Waals surface area (Å²) in [6.07, 6.45) is 0.929. The summed E-state index contributed by atoms with van der Waals surface area (Å²) in [5.41, 5.74) is 6.99. The molecule has 2 aliphatic heterocycles. The number of carbonyl (C=O) groups is 2. The van der Waals surface area contributed by atoms with Crippen LogP contribution in [0, 0.1) is 13.8 Å². The Balaban J connectivity index is 1.56. The maximum atomic E-state index is 13.1. The first-order valence-corrected chi connectivity index (χ1v) is 12.5. The molecule has 0 aromatic heterocycles. The first kappa shape index (κ1) is 24.8. The lowest BCUT2D eigenvalue weighted by molar-refractivity contribution is -0.139. The van der Waals surface area contributed by atoms with Crippen LogP contribution >= 0.6 is 0 Å². The molecule has 1 unspecified atom stereocenters. The summed E-state index contributed by atoms with van der Waals surface area (Å²) in [5, 5.41) is 5.84. The van der Waals surface area contributed by atoms with Crippen LogP contribution in [0.3, 0.4) is 0 Å². The number of esters is 1. The number of ether oxygens (including phenoxy) is 1. The number of nitrogens with one attached hydrogen (secondary N) is 2. The number of hydrogen-bond donors (Lipinski definition) is 2. The van der Waals surface area contributed by atoms with E-state index >= 15 is 0 Å². The van der Waals surface area contributed by atoms with Gasteiger partial charge >= 0.3 is 12.0 Å². The molecule has 35 heavy (non-hydrogen) atoms. The summed E-state index contributed by atoms with van der Waals surface area (Å²) in [6, 6.07) is 13.8. The van der Waals surface area contributed by atoms with Crippen molar-refractivity contribution in [3.05, 3.63) is 76.0 Å². The minimum absolute atomic E-state index is 0.277. The minimum Gasteiger partial charge on any atom is -0.463 e. The molecule has 1 fully saturated rings. The number of amides is 2. The van der Waals surface area contributed by atoms with Gasteiger partial charge in [-0.3, -0.25) is 4.90 Å². The Kier molecular flexibility index (Phi) is 7.76. The molecule has 7 heteroatoms. The maximum Gasteiger partial charge on any atom is 0.338 e. The van der Waals surface area contributed by atoms with Gasteiger partial charge in [0.05, 0.1) is 18.2 Å². The fourth-order valence-electron chi connectivity index (χ4n) is 4.82. The summed E-state index contributed by atoms with van der Waals surface area (Å²) in [5.74, 6) is -0.395. The summed E-state index contributed by atoms with van der Waals surface area (Å²) < 4.78 is 5.42. The number of rotatable bonds is 7. The molecule has 186 valence electrons. The van der Waals surface area contributed by atoms with Gasteiger partial charge in [0, 0.05) is 44.1 Å². The highest BCUT2D eigenvalue weighted by atomic mass is 16.5. The maximum absolute atomic E-state index is 13.1. The van der Waals surface area contributed by atoms with Gasteiger partial charge in [0.1, 0.15) is 0 Å². The normalized spacial score (nSPS) is 18.8. The van der Waals surface area contributed by atoms with Gasteiger partial charge in [0.15, 0.2) is 0 Å². The van der Waals surface area contributed by atoms with Gasteiger partial charge in [-0.05, 0) is 55.5 Å². The third kappa shape index (κ3) is 5.68. The van der Waals surface area contributed by atoms with Crippen molar-refractivity contribution in [1.82, 2.24) is 15.5 Å². The number of aryl methyl sites for hydroxylation is 3. The number of benzene rings is 2. The smallest absolute Gasteiger partial charge is 0.338 e. The van der Waals surface area contributed by atoms with Crippen LogP contribution < -0.4 is 15.5 Å². The number of nitrogens with zero attached hydrogens (tertiary/aromatic N) is 2. The summed E-state index contributed by atoms with van der Waals surface area (Å²) in [6.45, 7) is 12.4. The lowest BCUT2D eigenvalue weighted by atomic mass is 9.94. The molecule has 0 saturated carbocycles. The zero-order chi connectivity index (χ0) is 24.9. The van der Waals surface area contributed by atoms with Crippen LogP contribution in [0.15, 0.2) is 53.7 Å². The van der Waals surface area contributed by atoms with Gasteiger partial charge in [-0.15, -0.1) is 0 Å². The van der Waals surface area contributed by atoms with Gasteiger partial charge in [-0.1, -0.05) is 43.3 Å². The predicted octanol–water partition coefficient (Wildman–Crippen LogP) is 3.86. The summed E-state index contributed by atoms with van der Waals surface area (Å²) in [7, 11) is 0. The molecule has 2 aliphatic rings. The van der Waals surface area contributed by atoms with Crippen LogP contribution in [0.25, 0.3) is 0 Å². The van der Waals surface area contributed by atoms with Crippen LogP contribution in [-0.2, 0) is 16.0 Å². The Morgan fingerprint density at radius 3 is 2.40 bits per heavy atom. The Labute approximate surface area is 208 Å². The average molecular weight is 477 g/mol. The lowest BCUT2D eigenvalue weighted by Crippen LogP contribution is -2.52. The molecule has 0 spiro atoms. The second-order valence-electron chi connectivity index (χ2n) is 9.29. The van der Waals surface area contributed by atoms with E-state index in [2.05, 4.69) is 59.4 Å². The van der Waals surface area contributed by atoms with Crippen molar-refractivity contribution in [2.45, 2.75) is 40.2 Å². The fraction of sp³-hybridized carbons (Fsp3) is 0.429. The van der Waals surface area contributed by atoms with Crippen molar-refractivity contribution in [2.75, 3.05) is 44.2 Å². The van der Waals surface area contributed by atoms with E-state index in [1.165, 1.54) is 22.4 Å². The van der Waals surface area contributed by atoms with Crippen molar-refractivity contribution in [3.63, 3.8) is 0 Å². The van der Waals surface area contributed by atoms with E-state index in [0.29, 0.717) is 17.8 Å². The highest BCUT2D eigenvalue weighted by Gasteiger charge is 2.34. The molecule has 0 radical (unpaired) electrons. The van der Waals surface area contributed by atoms with Crippen LogP contribution in [0.2, 0.25) is 0 Å². The number of anilines is 1. The van der Waals surface area contributed by atoms with E-state index in [4.69, 9.17) is 4.74 Å². The summed E-state index contributed by atoms with van der Waals surface area (Å²) >= 11 is 0. The van der Waals surface area contributed by atoms with Crippen molar-refractivity contribution < 1.29 is 14.3 Å². The van der Waals surface area contributed by atoms with E-state index in [1.807, 2.05) is 24.3 Å². The lowest BCUT2D eigenvalue weighted by Gasteiger charge is -2.38. The fourth-order valence-corrected chi connectivity index (χ4v) is 4.82. The molecule has 0 aliphatic carbocycles. The second-order valence-corrected chi connectivity index (χ2v) is 9.29. The zero-order valence-corrected chi connectivity index (χ0v) is 21.2. The Morgan fingerprint density at radius 1 is 1.03 bits per heavy atom. The van der Waals surface area contributed by atoms with Gasteiger partial charge < -0.3 is 20.3 Å². The van der Waals surface area contributed by atoms with E-state index in [1.54, 1.807) is 6.92 Å². The molecule has 2 N–H and O–H groups in total. The Bertz CT molecular complexity index is 1100. The monoisotopic (exact) mass is 476 g/mol. The predicted molar refractivity (Wildman–Crippen MR) is 138 cm³/mol. The van der Waals surface area contributed by atoms with Crippen molar-refractivity contribution >= 4 is 17.7 Å². The van der Waals surface area contributed by atoms with E-state index in [-0.39, 0.29) is 12.6 Å². The quantitative estimate of drug-likeness (QED) is 0.594. The molecule has 1 atom stereocenters. The van der Waals surface area contributed by atoms with Crippen LogP contribution in [0.4, 0.5) is 10.5 Å². The van der Waals surface area contributed by atoms with Crippen molar-refractivity contribution in [2.24, 2.45) is 0 Å². The van der Waals surface area contributed by atoms with Crippen molar-refractivity contribution in [3.8, 4) is 0 Å². The highest BCUT2D eigenvalue weighted by Crippen LogP contribution is 2.29. The highest BCUT2D eigenvalue weighted by molar-refractivity contribution is 5.95. The molecule has 4 rings (SSSR count). The zero-order valence-electron chi connectivity index (χ0n) is 21.2. The van der Waals surface area contributed by atoms with Crippen LogP contribution in [0.1, 0.15) is 42.1 Å². The number of carbonyl (C=O) groups excluding carboxylic acids is 2. The Hall–Kier alpha value is -3.32. The van der Waals surface area contributed by atoms with Crippen LogP contribution in [-0.4, -0.2) is 56.2 Å². The molecule has 2 aromatic carbocycles. The van der Waals surface area contributed by atoms with Gasteiger partial charge in [-0.25, -0.2) is 9.59 Å². The van der Waals surface area contributed by atoms with Crippen LogP contribution in [0.5, 0.6) is 0 Å². The topological polar surface area (TPSA) is 73.9 Å². The first-order valence-electron chi connectivity index (χ1n) is 12.5. The molecule has 7 nitrogen and oxygen atoms in total. The molecule has 2 amide bonds. The molecule has 0 bridgehead atoms. The number of piperazine rings is 1. The van der Waals surface area contributed by atoms with E-state index in [0.717, 1.165) is 38.2 Å². The van der Waals surface area contributed by atoms with Gasteiger partial charge in [0.2, 0.25) is 0 Å². The van der Waals surface area contributed by atoms with E-state index in [9.17, 15) is 9.59 Å². The molecule has 2 heterocycles. The minimum atomic E-state index is -0.542. The summed E-state index contributed by atoms with van der Waals surface area (Å²) in [4.78, 5) is 30.4. The second kappa shape index (κ2) is 11.0. The molecule has 2 aromatic rings. The van der Waals surface area contributed by atoms with E-state index < -0.39 is 12.0 Å².